The number of benzene rings is 1. The average molecular weight is 293 g/mol. The van der Waals surface area contributed by atoms with Crippen molar-refractivity contribution in [3.05, 3.63) is 41.5 Å². The fourth-order valence-corrected chi connectivity index (χ4v) is 5.46. The highest BCUT2D eigenvalue weighted by atomic mass is 16.2. The number of carbonyl (C=O) groups is 2. The molecule has 2 bridgehead atoms. The molecule has 1 aliphatic heterocycles. The first-order chi connectivity index (χ1) is 10.6. The number of hydrogen-bond acceptors (Lipinski definition) is 2. The Morgan fingerprint density at radius 2 is 1.45 bits per heavy atom. The molecule has 0 radical (unpaired) electrons. The van der Waals surface area contributed by atoms with Crippen LogP contribution in [-0.4, -0.2) is 11.8 Å². The summed E-state index contributed by atoms with van der Waals surface area (Å²) in [5.41, 5.74) is 3.09. The quantitative estimate of drug-likeness (QED) is 0.589. The Morgan fingerprint density at radius 1 is 0.955 bits per heavy atom. The van der Waals surface area contributed by atoms with Crippen molar-refractivity contribution in [2.24, 2.45) is 29.1 Å². The van der Waals surface area contributed by atoms with Crippen molar-refractivity contribution >= 4 is 17.5 Å². The fourth-order valence-electron chi connectivity index (χ4n) is 5.46. The molecule has 1 saturated heterocycles. The molecule has 0 aromatic heterocycles. The number of imide groups is 1. The van der Waals surface area contributed by atoms with E-state index in [-0.39, 0.29) is 29.1 Å². The van der Waals surface area contributed by atoms with Crippen molar-refractivity contribution in [1.82, 2.24) is 0 Å². The predicted molar refractivity (Wildman–Crippen MR) is 83.2 cm³/mol. The van der Waals surface area contributed by atoms with Gasteiger partial charge in [0.2, 0.25) is 11.8 Å². The van der Waals surface area contributed by atoms with E-state index in [0.717, 1.165) is 16.8 Å². The lowest BCUT2D eigenvalue weighted by atomic mass is 9.85. The van der Waals surface area contributed by atoms with E-state index in [0.29, 0.717) is 11.8 Å². The van der Waals surface area contributed by atoms with E-state index in [2.05, 4.69) is 12.2 Å². The molecule has 22 heavy (non-hydrogen) atoms. The molecule has 1 aromatic carbocycles. The predicted octanol–water partition coefficient (Wildman–Crippen LogP) is 3.01. The van der Waals surface area contributed by atoms with Gasteiger partial charge in [-0.25, -0.2) is 4.90 Å². The van der Waals surface area contributed by atoms with E-state index < -0.39 is 0 Å². The molecule has 1 aromatic rings. The summed E-state index contributed by atoms with van der Waals surface area (Å²) in [7, 11) is 0. The Hall–Kier alpha value is -1.90. The summed E-state index contributed by atoms with van der Waals surface area (Å²) in [6.07, 6.45) is 6.81. The van der Waals surface area contributed by atoms with Crippen molar-refractivity contribution in [3.63, 3.8) is 0 Å². The van der Waals surface area contributed by atoms with Crippen molar-refractivity contribution in [2.75, 3.05) is 4.90 Å². The van der Waals surface area contributed by atoms with Crippen LogP contribution in [0.25, 0.3) is 0 Å². The Morgan fingerprint density at radius 3 is 1.91 bits per heavy atom. The summed E-state index contributed by atoms with van der Waals surface area (Å²) in [5, 5.41) is 0. The van der Waals surface area contributed by atoms with Gasteiger partial charge >= 0.3 is 0 Å². The van der Waals surface area contributed by atoms with Crippen LogP contribution in [0.2, 0.25) is 0 Å². The molecule has 3 heteroatoms. The zero-order chi connectivity index (χ0) is 15.2. The number of amides is 2. The number of rotatable bonds is 1. The third kappa shape index (κ3) is 1.21. The lowest BCUT2D eigenvalue weighted by Gasteiger charge is -2.24. The van der Waals surface area contributed by atoms with Crippen molar-refractivity contribution in [3.8, 4) is 0 Å². The number of fused-ring (bicyclic) bond motifs is 3. The molecular formula is C19H19NO2. The van der Waals surface area contributed by atoms with Crippen LogP contribution >= 0.6 is 0 Å². The topological polar surface area (TPSA) is 37.4 Å². The molecule has 1 spiro atoms. The smallest absolute Gasteiger partial charge is 0.238 e. The Balaban J connectivity index is 1.62. The third-order valence-electron chi connectivity index (χ3n) is 6.52. The highest BCUT2D eigenvalue weighted by Gasteiger charge is 2.73. The molecule has 4 unspecified atom stereocenters. The van der Waals surface area contributed by atoms with E-state index in [4.69, 9.17) is 0 Å². The second kappa shape index (κ2) is 3.70. The van der Waals surface area contributed by atoms with Crippen molar-refractivity contribution in [1.29, 1.82) is 0 Å². The largest absolute Gasteiger partial charge is 0.274 e. The molecule has 5 rings (SSSR count). The highest BCUT2D eigenvalue weighted by molar-refractivity contribution is 6.23. The van der Waals surface area contributed by atoms with Crippen molar-refractivity contribution in [2.45, 2.75) is 26.7 Å². The number of carbonyl (C=O) groups excluding carboxylic acids is 2. The Bertz CT molecular complexity index is 704. The summed E-state index contributed by atoms with van der Waals surface area (Å²) in [5.74, 6) is 0.459. The zero-order valence-electron chi connectivity index (χ0n) is 12.9. The minimum absolute atomic E-state index is 0.0375. The number of nitrogens with zero attached hydrogens (tertiary/aromatic N) is 1. The van der Waals surface area contributed by atoms with Gasteiger partial charge in [-0.05, 0) is 55.1 Å². The molecule has 0 N–H and O–H groups in total. The molecule has 112 valence electrons. The summed E-state index contributed by atoms with van der Waals surface area (Å²) in [6, 6.07) is 5.93. The number of anilines is 1. The van der Waals surface area contributed by atoms with Crippen molar-refractivity contribution < 1.29 is 9.59 Å². The van der Waals surface area contributed by atoms with Crippen LogP contribution in [0.5, 0.6) is 0 Å². The maximum Gasteiger partial charge on any atom is 0.238 e. The molecule has 1 heterocycles. The second-order valence-electron chi connectivity index (χ2n) is 7.47. The standard InChI is InChI=1S/C19H19NO2/c1-10-4-3-5-11(2)16(10)20-17(21)14-12-6-7-13(15(14)18(20)22)19(12)8-9-19/h3-7,12-15H,8-9H2,1-2H3. The average Bonchev–Trinajstić information content (AvgIpc) is 3.08. The zero-order valence-corrected chi connectivity index (χ0v) is 12.9. The van der Waals surface area contributed by atoms with Gasteiger partial charge in [-0.2, -0.15) is 0 Å². The normalized spacial score (nSPS) is 36.5. The van der Waals surface area contributed by atoms with Crippen LogP contribution in [0.15, 0.2) is 30.4 Å². The number of allylic oxidation sites excluding steroid dienone is 2. The molecule has 2 saturated carbocycles. The van der Waals surface area contributed by atoms with Gasteiger partial charge in [-0.1, -0.05) is 30.4 Å². The van der Waals surface area contributed by atoms with Gasteiger partial charge in [0, 0.05) is 0 Å². The van der Waals surface area contributed by atoms with Gasteiger partial charge in [-0.15, -0.1) is 0 Å². The minimum Gasteiger partial charge on any atom is -0.274 e. The summed E-state index contributed by atoms with van der Waals surface area (Å²) < 4.78 is 0. The first-order valence-electron chi connectivity index (χ1n) is 8.18. The highest BCUT2D eigenvalue weighted by Crippen LogP contribution is 2.73. The molecule has 3 nitrogen and oxygen atoms in total. The van der Waals surface area contributed by atoms with Gasteiger partial charge in [0.25, 0.3) is 0 Å². The Labute approximate surface area is 130 Å². The minimum atomic E-state index is -0.107. The van der Waals surface area contributed by atoms with Gasteiger partial charge in [0.15, 0.2) is 0 Å². The van der Waals surface area contributed by atoms with E-state index in [1.54, 1.807) is 0 Å². The number of para-hydroxylation sites is 1. The molecule has 3 fully saturated rings. The van der Waals surface area contributed by atoms with Gasteiger partial charge in [0.1, 0.15) is 0 Å². The van der Waals surface area contributed by atoms with E-state index in [1.165, 1.54) is 17.7 Å². The third-order valence-corrected chi connectivity index (χ3v) is 6.52. The van der Waals surface area contributed by atoms with Crippen LogP contribution in [0.1, 0.15) is 24.0 Å². The Kier molecular flexibility index (Phi) is 2.13. The maximum atomic E-state index is 13.1. The summed E-state index contributed by atoms with van der Waals surface area (Å²) in [6.45, 7) is 3.96. The summed E-state index contributed by atoms with van der Waals surface area (Å²) >= 11 is 0. The molecule has 3 aliphatic carbocycles. The first kappa shape index (κ1) is 12.6. The number of hydrogen-bond donors (Lipinski definition) is 0. The second-order valence-corrected chi connectivity index (χ2v) is 7.47. The summed E-state index contributed by atoms with van der Waals surface area (Å²) in [4.78, 5) is 27.7. The van der Waals surface area contributed by atoms with E-state index in [1.807, 2.05) is 32.0 Å². The fraction of sp³-hybridized carbons (Fsp3) is 0.474. The molecule has 4 aliphatic rings. The van der Waals surface area contributed by atoms with Crippen LogP contribution in [-0.2, 0) is 9.59 Å². The van der Waals surface area contributed by atoms with Crippen LogP contribution < -0.4 is 4.90 Å². The SMILES string of the molecule is Cc1cccc(C)c1N1C(=O)C2C(C1=O)C1C=CC2C12CC2. The van der Waals surface area contributed by atoms with E-state index >= 15 is 0 Å². The molecule has 4 atom stereocenters. The lowest BCUT2D eigenvalue weighted by Crippen LogP contribution is -2.35. The van der Waals surface area contributed by atoms with Gasteiger partial charge in [0.05, 0.1) is 17.5 Å². The first-order valence-corrected chi connectivity index (χ1v) is 8.18. The molecule has 2 amide bonds. The maximum absolute atomic E-state index is 13.1. The van der Waals surface area contributed by atoms with Gasteiger partial charge in [-0.3, -0.25) is 9.59 Å². The van der Waals surface area contributed by atoms with Crippen LogP contribution in [0.3, 0.4) is 0 Å². The molecular weight excluding hydrogens is 274 g/mol. The van der Waals surface area contributed by atoms with Crippen LogP contribution in [0.4, 0.5) is 5.69 Å². The monoisotopic (exact) mass is 293 g/mol. The van der Waals surface area contributed by atoms with Crippen LogP contribution in [0, 0.1) is 42.9 Å². The number of aryl methyl sites for hydroxylation is 2. The van der Waals surface area contributed by atoms with E-state index in [9.17, 15) is 9.59 Å². The lowest BCUT2D eigenvalue weighted by molar-refractivity contribution is -0.123. The van der Waals surface area contributed by atoms with Gasteiger partial charge < -0.3 is 0 Å².